The molecule has 110 valence electrons. The van der Waals surface area contributed by atoms with Crippen LogP contribution in [0.4, 0.5) is 0 Å². The molecule has 0 saturated heterocycles. The minimum atomic E-state index is 0. The van der Waals surface area contributed by atoms with Gasteiger partial charge in [-0.15, -0.1) is 36.6 Å². The summed E-state index contributed by atoms with van der Waals surface area (Å²) in [6.07, 6.45) is 1.76. The summed E-state index contributed by atoms with van der Waals surface area (Å²) >= 11 is 1.58. The van der Waals surface area contributed by atoms with E-state index < -0.39 is 0 Å². The Labute approximate surface area is 131 Å². The molecule has 1 atom stereocenters. The van der Waals surface area contributed by atoms with E-state index in [0.717, 1.165) is 11.4 Å². The van der Waals surface area contributed by atoms with Crippen molar-refractivity contribution in [3.8, 4) is 0 Å². The average molecular weight is 326 g/mol. The lowest BCUT2D eigenvalue weighted by molar-refractivity contribution is -0.128. The van der Waals surface area contributed by atoms with Gasteiger partial charge in [-0.25, -0.2) is 0 Å². The third kappa shape index (κ3) is 7.62. The number of carbonyl (C=O) groups is 1. The third-order valence-electron chi connectivity index (χ3n) is 2.60. The highest BCUT2D eigenvalue weighted by molar-refractivity contribution is 7.99. The van der Waals surface area contributed by atoms with Crippen molar-refractivity contribution in [2.45, 2.75) is 18.7 Å². The van der Waals surface area contributed by atoms with Crippen molar-refractivity contribution >= 4 is 42.5 Å². The number of pyridine rings is 1. The van der Waals surface area contributed by atoms with Crippen LogP contribution in [0.15, 0.2) is 24.4 Å². The molecule has 0 spiro atoms. The van der Waals surface area contributed by atoms with E-state index in [0.29, 0.717) is 12.3 Å². The number of thioether (sulfide) groups is 1. The highest BCUT2D eigenvalue weighted by Gasteiger charge is 2.13. The van der Waals surface area contributed by atoms with Crippen LogP contribution in [0.1, 0.15) is 12.6 Å². The number of aromatic nitrogens is 1. The molecule has 4 nitrogen and oxygen atoms in total. The number of nitrogens with two attached hydrogens (primary N) is 1. The second kappa shape index (κ2) is 11.3. The summed E-state index contributed by atoms with van der Waals surface area (Å²) in [4.78, 5) is 17.7. The first-order chi connectivity index (χ1) is 8.15. The second-order valence-corrected chi connectivity index (χ2v) is 4.89. The summed E-state index contributed by atoms with van der Waals surface area (Å²) in [6.45, 7) is 2.44. The molecule has 1 amide bonds. The van der Waals surface area contributed by atoms with Crippen LogP contribution in [0.3, 0.4) is 0 Å². The molecule has 0 aliphatic heterocycles. The Kier molecular flexibility index (Phi) is 12.4. The standard InChI is InChI=1S/C12H19N3OS.2ClH/c1-10(7-13)15(2)12(16)9-17-8-11-5-3-4-6-14-11;;/h3-6,10H,7-9,13H2,1-2H3;2*1H. The monoisotopic (exact) mass is 325 g/mol. The van der Waals surface area contributed by atoms with Gasteiger partial charge >= 0.3 is 0 Å². The van der Waals surface area contributed by atoms with Crippen molar-refractivity contribution in [1.82, 2.24) is 9.88 Å². The molecule has 1 unspecified atom stereocenters. The van der Waals surface area contributed by atoms with E-state index in [4.69, 9.17) is 5.73 Å². The molecule has 0 radical (unpaired) electrons. The first-order valence-electron chi connectivity index (χ1n) is 5.58. The largest absolute Gasteiger partial charge is 0.341 e. The van der Waals surface area contributed by atoms with Gasteiger partial charge in [-0.3, -0.25) is 9.78 Å². The lowest BCUT2D eigenvalue weighted by Crippen LogP contribution is -2.40. The van der Waals surface area contributed by atoms with Crippen molar-refractivity contribution in [2.75, 3.05) is 19.3 Å². The Morgan fingerprint density at radius 3 is 2.68 bits per heavy atom. The predicted octanol–water partition coefficient (Wildman–Crippen LogP) is 1.96. The number of halogens is 2. The fourth-order valence-electron chi connectivity index (χ4n) is 1.23. The topological polar surface area (TPSA) is 59.2 Å². The molecule has 0 fully saturated rings. The van der Waals surface area contributed by atoms with Gasteiger partial charge in [0.15, 0.2) is 0 Å². The van der Waals surface area contributed by atoms with Crippen LogP contribution in [0.2, 0.25) is 0 Å². The highest BCUT2D eigenvalue weighted by atomic mass is 35.5. The number of carbonyl (C=O) groups excluding carboxylic acids is 1. The molecule has 2 N–H and O–H groups in total. The zero-order valence-corrected chi connectivity index (χ0v) is 13.6. The Hall–Kier alpha value is -0.490. The zero-order chi connectivity index (χ0) is 12.7. The average Bonchev–Trinajstić information content (AvgIpc) is 2.38. The highest BCUT2D eigenvalue weighted by Crippen LogP contribution is 2.10. The van der Waals surface area contributed by atoms with E-state index in [-0.39, 0.29) is 36.8 Å². The number of rotatable bonds is 6. The maximum absolute atomic E-state index is 11.8. The molecule has 19 heavy (non-hydrogen) atoms. The van der Waals surface area contributed by atoms with Crippen molar-refractivity contribution in [3.63, 3.8) is 0 Å². The lowest BCUT2D eigenvalue weighted by atomic mass is 10.3. The van der Waals surface area contributed by atoms with Crippen LogP contribution < -0.4 is 5.73 Å². The molecule has 1 rings (SSSR count). The second-order valence-electron chi connectivity index (χ2n) is 3.90. The van der Waals surface area contributed by atoms with Gasteiger partial charge in [0.25, 0.3) is 0 Å². The third-order valence-corrected chi connectivity index (χ3v) is 3.55. The number of hydrogen-bond donors (Lipinski definition) is 1. The molecule has 0 saturated carbocycles. The quantitative estimate of drug-likeness (QED) is 0.868. The molecule has 1 aromatic rings. The van der Waals surface area contributed by atoms with Crippen LogP contribution in [0.25, 0.3) is 0 Å². The fraction of sp³-hybridized carbons (Fsp3) is 0.500. The maximum Gasteiger partial charge on any atom is 0.232 e. The number of amides is 1. The van der Waals surface area contributed by atoms with Gasteiger partial charge in [-0.05, 0) is 19.1 Å². The van der Waals surface area contributed by atoms with Crippen LogP contribution in [0, 0.1) is 0 Å². The summed E-state index contributed by atoms with van der Waals surface area (Å²) in [5.74, 6) is 1.35. The van der Waals surface area contributed by atoms with E-state index in [1.165, 1.54) is 0 Å². The number of hydrogen-bond acceptors (Lipinski definition) is 4. The molecule has 7 heteroatoms. The number of nitrogens with zero attached hydrogens (tertiary/aromatic N) is 2. The Bertz CT molecular complexity index is 354. The molecular formula is C12H21Cl2N3OS. The number of likely N-dealkylation sites (N-methyl/N-ethyl adjacent to an activating group) is 1. The summed E-state index contributed by atoms with van der Waals surface area (Å²) in [5.41, 5.74) is 6.52. The van der Waals surface area contributed by atoms with Crippen molar-refractivity contribution in [2.24, 2.45) is 5.73 Å². The molecular weight excluding hydrogens is 305 g/mol. The molecule has 1 heterocycles. The first kappa shape index (κ1) is 20.8. The Morgan fingerprint density at radius 1 is 1.47 bits per heavy atom. The van der Waals surface area contributed by atoms with Crippen LogP contribution in [-0.2, 0) is 10.5 Å². The van der Waals surface area contributed by atoms with Gasteiger partial charge in [-0.1, -0.05) is 6.07 Å². The van der Waals surface area contributed by atoms with Gasteiger partial charge in [0.1, 0.15) is 0 Å². The normalized spacial score (nSPS) is 10.9. The van der Waals surface area contributed by atoms with Crippen LogP contribution >= 0.6 is 36.6 Å². The minimum absolute atomic E-state index is 0. The zero-order valence-electron chi connectivity index (χ0n) is 11.1. The molecule has 0 aliphatic rings. The first-order valence-corrected chi connectivity index (χ1v) is 6.74. The van der Waals surface area contributed by atoms with Crippen LogP contribution in [0.5, 0.6) is 0 Å². The smallest absolute Gasteiger partial charge is 0.232 e. The molecule has 0 bridgehead atoms. The van der Waals surface area contributed by atoms with E-state index in [1.807, 2.05) is 25.1 Å². The van der Waals surface area contributed by atoms with Gasteiger partial charge in [0.2, 0.25) is 5.91 Å². The fourth-order valence-corrected chi connectivity index (χ4v) is 2.09. The summed E-state index contributed by atoms with van der Waals surface area (Å²) in [6, 6.07) is 5.89. The molecule has 0 aliphatic carbocycles. The van der Waals surface area contributed by atoms with Gasteiger partial charge in [0, 0.05) is 31.6 Å². The Balaban J connectivity index is 0. The van der Waals surface area contributed by atoms with Gasteiger partial charge < -0.3 is 10.6 Å². The van der Waals surface area contributed by atoms with E-state index in [2.05, 4.69) is 4.98 Å². The summed E-state index contributed by atoms with van der Waals surface area (Å²) in [7, 11) is 1.79. The predicted molar refractivity (Wildman–Crippen MR) is 86.2 cm³/mol. The summed E-state index contributed by atoms with van der Waals surface area (Å²) in [5, 5.41) is 0. The van der Waals surface area contributed by atoms with Crippen molar-refractivity contribution in [1.29, 1.82) is 0 Å². The van der Waals surface area contributed by atoms with Crippen LogP contribution in [-0.4, -0.2) is 41.2 Å². The SMILES string of the molecule is CC(CN)N(C)C(=O)CSCc1ccccn1.Cl.Cl. The van der Waals surface area contributed by atoms with E-state index in [1.54, 1.807) is 29.9 Å². The van der Waals surface area contributed by atoms with Crippen molar-refractivity contribution in [3.05, 3.63) is 30.1 Å². The van der Waals surface area contributed by atoms with Crippen molar-refractivity contribution < 1.29 is 4.79 Å². The Morgan fingerprint density at radius 2 is 2.16 bits per heavy atom. The van der Waals surface area contributed by atoms with Gasteiger partial charge in [-0.2, -0.15) is 0 Å². The lowest BCUT2D eigenvalue weighted by Gasteiger charge is -2.23. The summed E-state index contributed by atoms with van der Waals surface area (Å²) < 4.78 is 0. The molecule has 1 aromatic heterocycles. The minimum Gasteiger partial charge on any atom is -0.341 e. The molecule has 0 aromatic carbocycles. The van der Waals surface area contributed by atoms with E-state index >= 15 is 0 Å². The van der Waals surface area contributed by atoms with Gasteiger partial charge in [0.05, 0.1) is 11.4 Å². The maximum atomic E-state index is 11.8. The van der Waals surface area contributed by atoms with E-state index in [9.17, 15) is 4.79 Å².